The zero-order valence-corrected chi connectivity index (χ0v) is 12.2. The van der Waals surface area contributed by atoms with Crippen molar-refractivity contribution in [1.82, 2.24) is 10.3 Å². The summed E-state index contributed by atoms with van der Waals surface area (Å²) in [5.41, 5.74) is 1.32. The molecule has 1 aromatic rings. The number of nitrogens with one attached hydrogen (secondary N) is 1. The van der Waals surface area contributed by atoms with Crippen molar-refractivity contribution in [3.05, 3.63) is 16.1 Å². The fraction of sp³-hybridized carbons (Fsp3) is 0.667. The fourth-order valence-corrected chi connectivity index (χ4v) is 3.61. The predicted octanol–water partition coefficient (Wildman–Crippen LogP) is 3.20. The van der Waals surface area contributed by atoms with Crippen LogP contribution >= 0.6 is 23.1 Å². The first kappa shape index (κ1) is 12.9. The topological polar surface area (TPSA) is 37.3 Å². The Hall–Kier alpha value is -0.550. The van der Waals surface area contributed by atoms with Crippen molar-refractivity contribution in [3.8, 4) is 0 Å². The Morgan fingerprint density at radius 1 is 1.59 bits per heavy atom. The first-order chi connectivity index (χ1) is 8.11. The molecule has 1 fully saturated rings. The molecule has 1 atom stereocenters. The van der Waals surface area contributed by atoms with Crippen molar-refractivity contribution < 1.29 is 0 Å². The molecule has 0 aromatic carbocycles. The van der Waals surface area contributed by atoms with E-state index in [2.05, 4.69) is 34.5 Å². The van der Waals surface area contributed by atoms with Crippen LogP contribution in [0.2, 0.25) is 0 Å². The highest BCUT2D eigenvalue weighted by Crippen LogP contribution is 2.25. The Labute approximate surface area is 111 Å². The molecule has 0 aliphatic carbocycles. The fourth-order valence-electron chi connectivity index (χ4n) is 1.69. The molecule has 0 saturated carbocycles. The van der Waals surface area contributed by atoms with Gasteiger partial charge in [0.15, 0.2) is 5.17 Å². The smallest absolute Gasteiger partial charge is 0.157 e. The quantitative estimate of drug-likeness (QED) is 0.915. The van der Waals surface area contributed by atoms with E-state index in [9.17, 15) is 0 Å². The van der Waals surface area contributed by atoms with Gasteiger partial charge in [0.25, 0.3) is 0 Å². The Balaban J connectivity index is 1.97. The summed E-state index contributed by atoms with van der Waals surface area (Å²) in [6.07, 6.45) is 2.35. The highest BCUT2D eigenvalue weighted by atomic mass is 32.2. The summed E-state index contributed by atoms with van der Waals surface area (Å²) < 4.78 is 0. The summed E-state index contributed by atoms with van der Waals surface area (Å²) in [5, 5.41) is 7.80. The number of nitrogens with zero attached hydrogens (tertiary/aromatic N) is 2. The van der Waals surface area contributed by atoms with E-state index in [1.807, 2.05) is 18.7 Å². The van der Waals surface area contributed by atoms with E-state index in [1.54, 1.807) is 11.3 Å². The molecule has 2 heterocycles. The second-order valence-corrected chi connectivity index (χ2v) is 6.67. The van der Waals surface area contributed by atoms with Gasteiger partial charge in [-0.2, -0.15) is 0 Å². The van der Waals surface area contributed by atoms with Crippen molar-refractivity contribution in [2.45, 2.75) is 45.7 Å². The maximum atomic E-state index is 4.63. The molecule has 1 aromatic heterocycles. The third-order valence-corrected chi connectivity index (χ3v) is 4.97. The molecule has 1 saturated heterocycles. The van der Waals surface area contributed by atoms with Gasteiger partial charge in [0.05, 0.1) is 6.54 Å². The van der Waals surface area contributed by atoms with Gasteiger partial charge in [-0.15, -0.1) is 11.3 Å². The summed E-state index contributed by atoms with van der Waals surface area (Å²) in [6, 6.07) is 0. The summed E-state index contributed by atoms with van der Waals surface area (Å²) in [6.45, 7) is 7.23. The van der Waals surface area contributed by atoms with Gasteiger partial charge in [0.1, 0.15) is 5.01 Å². The molecule has 1 aliphatic rings. The molecule has 1 aliphatic heterocycles. The molecule has 1 N–H and O–H groups in total. The lowest BCUT2D eigenvalue weighted by molar-refractivity contribution is 0.390. The number of aliphatic imine (C=N–C) groups is 1. The number of thioether (sulfide) groups is 1. The molecule has 2 rings (SSSR count). The van der Waals surface area contributed by atoms with Crippen molar-refractivity contribution in [2.24, 2.45) is 4.99 Å². The van der Waals surface area contributed by atoms with Crippen LogP contribution in [0.15, 0.2) is 10.4 Å². The minimum Gasteiger partial charge on any atom is -0.360 e. The van der Waals surface area contributed by atoms with E-state index in [0.717, 1.165) is 28.0 Å². The lowest BCUT2D eigenvalue weighted by atomic mass is 9.96. The molecule has 94 valence electrons. The minimum atomic E-state index is 0.225. The highest BCUT2D eigenvalue weighted by Gasteiger charge is 2.27. The standard InChI is InChI=1S/C12H19N3S2/c1-4-12(3)5-6-16-11(15-12)13-7-10-14-9(2)8-17-10/h8H,4-7H2,1-3H3,(H,13,15). The van der Waals surface area contributed by atoms with Gasteiger partial charge >= 0.3 is 0 Å². The summed E-state index contributed by atoms with van der Waals surface area (Å²) in [7, 11) is 0. The van der Waals surface area contributed by atoms with Gasteiger partial charge in [-0.1, -0.05) is 18.7 Å². The molecule has 0 spiro atoms. The second kappa shape index (κ2) is 5.40. The van der Waals surface area contributed by atoms with E-state index >= 15 is 0 Å². The molecular formula is C12H19N3S2. The van der Waals surface area contributed by atoms with Gasteiger partial charge < -0.3 is 5.32 Å². The summed E-state index contributed by atoms with van der Waals surface area (Å²) >= 11 is 3.51. The van der Waals surface area contributed by atoms with Crippen LogP contribution in [0.25, 0.3) is 0 Å². The molecule has 17 heavy (non-hydrogen) atoms. The van der Waals surface area contributed by atoms with Crippen molar-refractivity contribution in [1.29, 1.82) is 0 Å². The maximum absolute atomic E-state index is 4.63. The average Bonchev–Trinajstić information content (AvgIpc) is 2.73. The van der Waals surface area contributed by atoms with Gasteiger partial charge in [-0.25, -0.2) is 4.98 Å². The van der Waals surface area contributed by atoms with Crippen LogP contribution in [0.1, 0.15) is 37.4 Å². The Morgan fingerprint density at radius 2 is 2.41 bits per heavy atom. The van der Waals surface area contributed by atoms with Crippen LogP contribution in [-0.4, -0.2) is 21.4 Å². The number of aryl methyl sites for hydroxylation is 1. The monoisotopic (exact) mass is 269 g/mol. The largest absolute Gasteiger partial charge is 0.360 e. The predicted molar refractivity (Wildman–Crippen MR) is 76.9 cm³/mol. The van der Waals surface area contributed by atoms with Crippen LogP contribution in [0, 0.1) is 6.92 Å². The first-order valence-electron chi connectivity index (χ1n) is 5.98. The molecule has 1 unspecified atom stereocenters. The van der Waals surface area contributed by atoms with E-state index in [4.69, 9.17) is 0 Å². The lowest BCUT2D eigenvalue weighted by Gasteiger charge is -2.35. The minimum absolute atomic E-state index is 0.225. The molecular weight excluding hydrogens is 250 g/mol. The van der Waals surface area contributed by atoms with Crippen molar-refractivity contribution >= 4 is 28.3 Å². The van der Waals surface area contributed by atoms with E-state index in [0.29, 0.717) is 6.54 Å². The molecule has 0 bridgehead atoms. The van der Waals surface area contributed by atoms with Crippen LogP contribution in [-0.2, 0) is 6.54 Å². The van der Waals surface area contributed by atoms with E-state index < -0.39 is 0 Å². The number of amidine groups is 1. The van der Waals surface area contributed by atoms with Gasteiger partial charge in [0, 0.05) is 22.4 Å². The number of rotatable bonds is 3. The van der Waals surface area contributed by atoms with Gasteiger partial charge in [0.2, 0.25) is 0 Å². The number of hydrogen-bond donors (Lipinski definition) is 1. The van der Waals surface area contributed by atoms with Gasteiger partial charge in [-0.05, 0) is 26.7 Å². The Kier molecular flexibility index (Phi) is 4.09. The number of aromatic nitrogens is 1. The van der Waals surface area contributed by atoms with Crippen LogP contribution in [0.3, 0.4) is 0 Å². The normalized spacial score (nSPS) is 27.1. The molecule has 0 amide bonds. The van der Waals surface area contributed by atoms with Crippen LogP contribution in [0.4, 0.5) is 0 Å². The third-order valence-electron chi connectivity index (χ3n) is 3.11. The average molecular weight is 269 g/mol. The Morgan fingerprint density at radius 3 is 3.06 bits per heavy atom. The zero-order valence-electron chi connectivity index (χ0n) is 10.6. The third kappa shape index (κ3) is 3.45. The maximum Gasteiger partial charge on any atom is 0.157 e. The number of hydrogen-bond acceptors (Lipinski definition) is 4. The number of thiazole rings is 1. The molecule has 3 nitrogen and oxygen atoms in total. The Bertz CT molecular complexity index is 414. The second-order valence-electron chi connectivity index (χ2n) is 4.64. The first-order valence-corrected chi connectivity index (χ1v) is 7.84. The SMILES string of the molecule is CCC1(C)CCSC(=NCc2nc(C)cs2)N1. The van der Waals surface area contributed by atoms with E-state index in [-0.39, 0.29) is 5.54 Å². The lowest BCUT2D eigenvalue weighted by Crippen LogP contribution is -2.48. The highest BCUT2D eigenvalue weighted by molar-refractivity contribution is 8.13. The summed E-state index contributed by atoms with van der Waals surface area (Å²) in [5.74, 6) is 1.16. The molecule has 0 radical (unpaired) electrons. The van der Waals surface area contributed by atoms with Gasteiger partial charge in [-0.3, -0.25) is 4.99 Å². The van der Waals surface area contributed by atoms with Crippen molar-refractivity contribution in [2.75, 3.05) is 5.75 Å². The van der Waals surface area contributed by atoms with E-state index in [1.165, 1.54) is 6.42 Å². The van der Waals surface area contributed by atoms with Crippen molar-refractivity contribution in [3.63, 3.8) is 0 Å². The van der Waals surface area contributed by atoms with Crippen LogP contribution < -0.4 is 5.32 Å². The van der Waals surface area contributed by atoms with Crippen LogP contribution in [0.5, 0.6) is 0 Å². The summed E-state index contributed by atoms with van der Waals surface area (Å²) in [4.78, 5) is 9.05. The zero-order chi connectivity index (χ0) is 12.3. The molecule has 5 heteroatoms.